The molecule has 0 radical (unpaired) electrons. The van der Waals surface area contributed by atoms with Crippen LogP contribution in [0.3, 0.4) is 0 Å². The number of hydrogen-bond acceptors (Lipinski definition) is 3. The normalized spacial score (nSPS) is 11.0. The Labute approximate surface area is 140 Å². The average molecular weight is 321 g/mol. The highest BCUT2D eigenvalue weighted by atomic mass is 16.4. The summed E-state index contributed by atoms with van der Waals surface area (Å²) in [5.41, 5.74) is 2.63. The molecule has 0 spiro atoms. The van der Waals surface area contributed by atoms with Crippen molar-refractivity contribution in [1.82, 2.24) is 5.32 Å². The van der Waals surface area contributed by atoms with Crippen molar-refractivity contribution in [1.29, 1.82) is 0 Å². The van der Waals surface area contributed by atoms with Gasteiger partial charge in [0.05, 0.1) is 0 Å². The first-order valence-corrected chi connectivity index (χ1v) is 7.94. The molecule has 24 heavy (non-hydrogen) atoms. The molecule has 122 valence electrons. The molecule has 0 fully saturated rings. The van der Waals surface area contributed by atoms with Crippen LogP contribution in [0.5, 0.6) is 0 Å². The number of benzene rings is 2. The third-order valence-electron chi connectivity index (χ3n) is 3.99. The minimum Gasteiger partial charge on any atom is -0.423 e. The standard InChI is InChI=1S/C20H19NO3/c1-13(2)15-8-9-18-17(10-15)16(11-19(22)24-18)12-21-20(23)14-6-4-3-5-7-14/h3-11,13H,12H2,1-2H3,(H,21,23). The van der Waals surface area contributed by atoms with Crippen LogP contribution in [0.15, 0.2) is 63.8 Å². The van der Waals surface area contributed by atoms with Crippen molar-refractivity contribution in [2.24, 2.45) is 0 Å². The highest BCUT2D eigenvalue weighted by molar-refractivity contribution is 5.94. The molecule has 0 atom stereocenters. The van der Waals surface area contributed by atoms with Gasteiger partial charge in [-0.15, -0.1) is 0 Å². The fraction of sp³-hybridized carbons (Fsp3) is 0.200. The number of carbonyl (C=O) groups is 1. The van der Waals surface area contributed by atoms with Gasteiger partial charge in [-0.2, -0.15) is 0 Å². The monoisotopic (exact) mass is 321 g/mol. The lowest BCUT2D eigenvalue weighted by Crippen LogP contribution is -2.23. The Balaban J connectivity index is 1.92. The predicted octanol–water partition coefficient (Wildman–Crippen LogP) is 3.85. The van der Waals surface area contributed by atoms with Gasteiger partial charge in [0.15, 0.2) is 0 Å². The molecule has 0 aliphatic rings. The van der Waals surface area contributed by atoms with Gasteiger partial charge in [-0.25, -0.2) is 4.79 Å². The second kappa shape index (κ2) is 6.71. The zero-order chi connectivity index (χ0) is 17.1. The number of rotatable bonds is 4. The number of amides is 1. The average Bonchev–Trinajstić information content (AvgIpc) is 2.59. The summed E-state index contributed by atoms with van der Waals surface area (Å²) in [5.74, 6) is 0.199. The van der Waals surface area contributed by atoms with Crippen LogP contribution in [-0.4, -0.2) is 5.91 Å². The second-order valence-corrected chi connectivity index (χ2v) is 6.05. The fourth-order valence-electron chi connectivity index (χ4n) is 2.62. The molecule has 3 aromatic rings. The summed E-state index contributed by atoms with van der Waals surface area (Å²) in [6.45, 7) is 4.49. The van der Waals surface area contributed by atoms with E-state index in [2.05, 4.69) is 19.2 Å². The zero-order valence-electron chi connectivity index (χ0n) is 13.7. The minimum absolute atomic E-state index is 0.169. The van der Waals surface area contributed by atoms with Crippen molar-refractivity contribution >= 4 is 16.9 Å². The third kappa shape index (κ3) is 3.38. The van der Waals surface area contributed by atoms with Crippen LogP contribution in [0.4, 0.5) is 0 Å². The van der Waals surface area contributed by atoms with Crippen LogP contribution in [-0.2, 0) is 6.54 Å². The van der Waals surface area contributed by atoms with Crippen molar-refractivity contribution in [3.63, 3.8) is 0 Å². The maximum Gasteiger partial charge on any atom is 0.336 e. The molecular weight excluding hydrogens is 302 g/mol. The smallest absolute Gasteiger partial charge is 0.336 e. The van der Waals surface area contributed by atoms with Gasteiger partial charge in [0, 0.05) is 23.6 Å². The Hall–Kier alpha value is -2.88. The van der Waals surface area contributed by atoms with Gasteiger partial charge in [0.1, 0.15) is 5.58 Å². The van der Waals surface area contributed by atoms with E-state index in [0.29, 0.717) is 17.1 Å². The molecule has 0 saturated carbocycles. The Kier molecular flexibility index (Phi) is 4.47. The third-order valence-corrected chi connectivity index (χ3v) is 3.99. The maximum atomic E-state index is 12.2. The summed E-state index contributed by atoms with van der Waals surface area (Å²) < 4.78 is 5.26. The van der Waals surface area contributed by atoms with E-state index in [-0.39, 0.29) is 12.5 Å². The zero-order valence-corrected chi connectivity index (χ0v) is 13.7. The molecule has 1 amide bonds. The number of hydrogen-bond donors (Lipinski definition) is 1. The van der Waals surface area contributed by atoms with Gasteiger partial charge in [-0.1, -0.05) is 38.1 Å². The van der Waals surface area contributed by atoms with E-state index in [1.54, 1.807) is 12.1 Å². The summed E-state index contributed by atoms with van der Waals surface area (Å²) in [5, 5.41) is 3.72. The van der Waals surface area contributed by atoms with Crippen molar-refractivity contribution in [2.45, 2.75) is 26.3 Å². The predicted molar refractivity (Wildman–Crippen MR) is 94.2 cm³/mol. The number of fused-ring (bicyclic) bond motifs is 1. The van der Waals surface area contributed by atoms with E-state index in [1.165, 1.54) is 6.07 Å². The van der Waals surface area contributed by atoms with Gasteiger partial charge >= 0.3 is 5.63 Å². The van der Waals surface area contributed by atoms with Crippen molar-refractivity contribution in [3.05, 3.63) is 81.7 Å². The van der Waals surface area contributed by atoms with Crippen LogP contribution >= 0.6 is 0 Å². The molecule has 1 N–H and O–H groups in total. The topological polar surface area (TPSA) is 59.3 Å². The highest BCUT2D eigenvalue weighted by Gasteiger charge is 2.10. The SMILES string of the molecule is CC(C)c1ccc2oc(=O)cc(CNC(=O)c3ccccc3)c2c1. The second-order valence-electron chi connectivity index (χ2n) is 6.05. The van der Waals surface area contributed by atoms with Crippen LogP contribution in [0.2, 0.25) is 0 Å². The summed E-state index contributed by atoms with van der Waals surface area (Å²) >= 11 is 0. The van der Waals surface area contributed by atoms with Gasteiger partial charge in [-0.3, -0.25) is 4.79 Å². The molecule has 0 aliphatic heterocycles. The van der Waals surface area contributed by atoms with Crippen LogP contribution in [0, 0.1) is 0 Å². The molecule has 3 rings (SSSR count). The van der Waals surface area contributed by atoms with E-state index < -0.39 is 5.63 Å². The van der Waals surface area contributed by atoms with Gasteiger partial charge in [0.2, 0.25) is 0 Å². The van der Waals surface area contributed by atoms with Crippen molar-refractivity contribution in [3.8, 4) is 0 Å². The molecule has 1 heterocycles. The molecule has 1 aromatic heterocycles. The first-order valence-electron chi connectivity index (χ1n) is 7.94. The molecule has 0 unspecified atom stereocenters. The summed E-state index contributed by atoms with van der Waals surface area (Å²) in [6, 6.07) is 16.2. The molecule has 4 nitrogen and oxygen atoms in total. The Morgan fingerprint density at radius 3 is 2.54 bits per heavy atom. The van der Waals surface area contributed by atoms with Gasteiger partial charge in [-0.05, 0) is 41.3 Å². The van der Waals surface area contributed by atoms with Gasteiger partial charge in [0.25, 0.3) is 5.91 Å². The summed E-state index contributed by atoms with van der Waals surface area (Å²) in [4.78, 5) is 24.0. The van der Waals surface area contributed by atoms with E-state index in [9.17, 15) is 9.59 Å². The first kappa shape index (κ1) is 16.0. The van der Waals surface area contributed by atoms with Gasteiger partial charge < -0.3 is 9.73 Å². The fourth-order valence-corrected chi connectivity index (χ4v) is 2.62. The first-order chi connectivity index (χ1) is 11.5. The molecule has 2 aromatic carbocycles. The molecule has 0 aliphatic carbocycles. The summed E-state index contributed by atoms with van der Waals surface area (Å²) in [6.07, 6.45) is 0. The van der Waals surface area contributed by atoms with Crippen molar-refractivity contribution in [2.75, 3.05) is 0 Å². The quantitative estimate of drug-likeness (QED) is 0.743. The molecule has 0 saturated heterocycles. The van der Waals surface area contributed by atoms with E-state index >= 15 is 0 Å². The van der Waals surface area contributed by atoms with E-state index in [4.69, 9.17) is 4.42 Å². The van der Waals surface area contributed by atoms with Crippen molar-refractivity contribution < 1.29 is 9.21 Å². The molecule has 0 bridgehead atoms. The Morgan fingerprint density at radius 1 is 1.08 bits per heavy atom. The van der Waals surface area contributed by atoms with Crippen LogP contribution in [0.25, 0.3) is 11.0 Å². The minimum atomic E-state index is -0.413. The van der Waals surface area contributed by atoms with E-state index in [0.717, 1.165) is 16.5 Å². The van der Waals surface area contributed by atoms with Crippen LogP contribution in [0.1, 0.15) is 41.3 Å². The number of nitrogens with one attached hydrogen (secondary N) is 1. The lowest BCUT2D eigenvalue weighted by atomic mass is 9.99. The lowest BCUT2D eigenvalue weighted by Gasteiger charge is -2.10. The summed E-state index contributed by atoms with van der Waals surface area (Å²) in [7, 11) is 0. The highest BCUT2D eigenvalue weighted by Crippen LogP contribution is 2.23. The van der Waals surface area contributed by atoms with E-state index in [1.807, 2.05) is 36.4 Å². The number of carbonyl (C=O) groups excluding carboxylic acids is 1. The molecular formula is C20H19NO3. The Bertz CT molecular complexity index is 927. The maximum absolute atomic E-state index is 12.2. The largest absolute Gasteiger partial charge is 0.423 e. The molecule has 4 heteroatoms. The van der Waals surface area contributed by atoms with Crippen LogP contribution < -0.4 is 10.9 Å². The Morgan fingerprint density at radius 2 is 1.83 bits per heavy atom. The lowest BCUT2D eigenvalue weighted by molar-refractivity contribution is 0.0951.